The SMILES string of the molecule is Cc1ccc(Cn2cnc3sc4c(c3c2=O)CCC(N(C)Cc2cscn2)C4)cc1. The van der Waals surface area contributed by atoms with Crippen LogP contribution in [0, 0.1) is 6.92 Å². The molecule has 0 saturated heterocycles. The summed E-state index contributed by atoms with van der Waals surface area (Å²) in [6.45, 7) is 3.50. The van der Waals surface area contributed by atoms with Gasteiger partial charge in [-0.2, -0.15) is 0 Å². The highest BCUT2D eigenvalue weighted by atomic mass is 32.1. The summed E-state index contributed by atoms with van der Waals surface area (Å²) in [7, 11) is 2.18. The van der Waals surface area contributed by atoms with Gasteiger partial charge in [0, 0.05) is 22.8 Å². The molecule has 7 heteroatoms. The molecule has 154 valence electrons. The molecule has 0 amide bonds. The highest BCUT2D eigenvalue weighted by Gasteiger charge is 2.27. The van der Waals surface area contributed by atoms with Gasteiger partial charge in [0.25, 0.3) is 5.56 Å². The summed E-state index contributed by atoms with van der Waals surface area (Å²) >= 11 is 3.34. The Morgan fingerprint density at radius 2 is 2.07 bits per heavy atom. The molecule has 0 saturated carbocycles. The van der Waals surface area contributed by atoms with Crippen molar-refractivity contribution in [1.29, 1.82) is 0 Å². The molecule has 30 heavy (non-hydrogen) atoms. The van der Waals surface area contributed by atoms with Gasteiger partial charge in [-0.15, -0.1) is 22.7 Å². The Balaban J connectivity index is 1.41. The van der Waals surface area contributed by atoms with E-state index in [1.54, 1.807) is 33.6 Å². The zero-order valence-electron chi connectivity index (χ0n) is 17.2. The van der Waals surface area contributed by atoms with Gasteiger partial charge in [-0.25, -0.2) is 9.97 Å². The number of hydrogen-bond donors (Lipinski definition) is 0. The Bertz CT molecular complexity index is 1220. The number of nitrogens with zero attached hydrogens (tertiary/aromatic N) is 4. The molecule has 3 aromatic heterocycles. The summed E-state index contributed by atoms with van der Waals surface area (Å²) in [5.41, 5.74) is 6.68. The topological polar surface area (TPSA) is 51.0 Å². The van der Waals surface area contributed by atoms with Crippen molar-refractivity contribution in [3.05, 3.63) is 79.1 Å². The number of hydrogen-bond acceptors (Lipinski definition) is 6. The first-order valence-electron chi connectivity index (χ1n) is 10.2. The van der Waals surface area contributed by atoms with Crippen molar-refractivity contribution in [2.75, 3.05) is 7.05 Å². The molecule has 4 aromatic rings. The maximum Gasteiger partial charge on any atom is 0.262 e. The molecule has 3 heterocycles. The standard InChI is InChI=1S/C23H24N4OS2/c1-15-3-5-16(6-4-15)10-27-13-24-22-21(23(27)28)19-8-7-18(9-20(19)30-22)26(2)11-17-12-29-14-25-17/h3-6,12-14,18H,7-11H2,1-2H3. The maximum absolute atomic E-state index is 13.3. The Morgan fingerprint density at radius 3 is 2.83 bits per heavy atom. The van der Waals surface area contributed by atoms with Crippen molar-refractivity contribution in [1.82, 2.24) is 19.4 Å². The lowest BCUT2D eigenvalue weighted by molar-refractivity contribution is 0.213. The molecule has 0 fully saturated rings. The van der Waals surface area contributed by atoms with Crippen molar-refractivity contribution < 1.29 is 0 Å². The van der Waals surface area contributed by atoms with Crippen LogP contribution in [0.1, 0.15) is 33.7 Å². The van der Waals surface area contributed by atoms with Gasteiger partial charge in [0.2, 0.25) is 0 Å². The third-order valence-electron chi connectivity index (χ3n) is 6.00. The molecule has 0 radical (unpaired) electrons. The van der Waals surface area contributed by atoms with E-state index in [0.29, 0.717) is 12.6 Å². The van der Waals surface area contributed by atoms with Crippen molar-refractivity contribution in [2.24, 2.45) is 0 Å². The molecule has 0 spiro atoms. The fourth-order valence-electron chi connectivity index (χ4n) is 4.26. The third kappa shape index (κ3) is 3.73. The smallest absolute Gasteiger partial charge is 0.262 e. The van der Waals surface area contributed by atoms with Gasteiger partial charge in [0.15, 0.2) is 0 Å². The molecule has 5 nitrogen and oxygen atoms in total. The molecular weight excluding hydrogens is 412 g/mol. The van der Waals surface area contributed by atoms with E-state index in [9.17, 15) is 4.79 Å². The van der Waals surface area contributed by atoms with E-state index < -0.39 is 0 Å². The van der Waals surface area contributed by atoms with Crippen molar-refractivity contribution in [2.45, 2.75) is 45.3 Å². The lowest BCUT2D eigenvalue weighted by atomic mass is 9.92. The zero-order chi connectivity index (χ0) is 20.7. The molecule has 0 N–H and O–H groups in total. The van der Waals surface area contributed by atoms with Crippen molar-refractivity contribution in [3.8, 4) is 0 Å². The molecule has 1 atom stereocenters. The maximum atomic E-state index is 13.3. The van der Waals surface area contributed by atoms with E-state index in [0.717, 1.165) is 47.3 Å². The van der Waals surface area contributed by atoms with E-state index in [-0.39, 0.29) is 5.56 Å². The lowest BCUT2D eigenvalue weighted by Crippen LogP contribution is -2.35. The molecule has 0 aliphatic heterocycles. The van der Waals surface area contributed by atoms with Crippen LogP contribution in [0.25, 0.3) is 10.2 Å². The minimum atomic E-state index is 0.0901. The van der Waals surface area contributed by atoms with Gasteiger partial charge in [-0.1, -0.05) is 29.8 Å². The van der Waals surface area contributed by atoms with Crippen LogP contribution < -0.4 is 5.56 Å². The summed E-state index contributed by atoms with van der Waals surface area (Å²) < 4.78 is 1.75. The summed E-state index contributed by atoms with van der Waals surface area (Å²) in [6, 6.07) is 8.81. The molecule has 5 rings (SSSR count). The molecule has 1 aliphatic rings. The summed E-state index contributed by atoms with van der Waals surface area (Å²) in [5.74, 6) is 0. The van der Waals surface area contributed by atoms with E-state index in [4.69, 9.17) is 0 Å². The highest BCUT2D eigenvalue weighted by Crippen LogP contribution is 2.35. The predicted octanol–water partition coefficient (Wildman–Crippen LogP) is 4.26. The second kappa shape index (κ2) is 8.06. The zero-order valence-corrected chi connectivity index (χ0v) is 18.8. The highest BCUT2D eigenvalue weighted by molar-refractivity contribution is 7.18. The quantitative estimate of drug-likeness (QED) is 0.469. The third-order valence-corrected chi connectivity index (χ3v) is 7.80. The number of thiophene rings is 1. The van der Waals surface area contributed by atoms with Gasteiger partial charge in [-0.05, 0) is 44.4 Å². The van der Waals surface area contributed by atoms with Crippen LogP contribution in [-0.2, 0) is 25.9 Å². The number of benzene rings is 1. The molecule has 1 aliphatic carbocycles. The Morgan fingerprint density at radius 1 is 1.23 bits per heavy atom. The monoisotopic (exact) mass is 436 g/mol. The number of likely N-dealkylation sites (N-methyl/N-ethyl adjacent to an activating group) is 1. The molecule has 1 aromatic carbocycles. The van der Waals surface area contributed by atoms with Crippen LogP contribution in [0.5, 0.6) is 0 Å². The molecular formula is C23H24N4OS2. The van der Waals surface area contributed by atoms with E-state index in [1.807, 2.05) is 5.51 Å². The molecule has 1 unspecified atom stereocenters. The second-order valence-corrected chi connectivity index (χ2v) is 9.94. The summed E-state index contributed by atoms with van der Waals surface area (Å²) in [6.07, 6.45) is 4.69. The number of fused-ring (bicyclic) bond motifs is 3. The van der Waals surface area contributed by atoms with Crippen molar-refractivity contribution in [3.63, 3.8) is 0 Å². The Hall–Kier alpha value is -2.35. The number of aromatic nitrogens is 3. The van der Waals surface area contributed by atoms with Crippen LogP contribution >= 0.6 is 22.7 Å². The van der Waals surface area contributed by atoms with E-state index in [2.05, 4.69) is 58.5 Å². The van der Waals surface area contributed by atoms with E-state index in [1.165, 1.54) is 16.0 Å². The van der Waals surface area contributed by atoms with Crippen molar-refractivity contribution >= 4 is 32.9 Å². The fourth-order valence-corrected chi connectivity index (χ4v) is 6.06. The van der Waals surface area contributed by atoms with Gasteiger partial charge in [-0.3, -0.25) is 14.3 Å². The molecule has 0 bridgehead atoms. The Labute approximate surface area is 183 Å². The van der Waals surface area contributed by atoms with Gasteiger partial charge < -0.3 is 0 Å². The van der Waals surface area contributed by atoms with Gasteiger partial charge in [0.05, 0.1) is 29.5 Å². The first kappa shape index (κ1) is 19.6. The number of thiazole rings is 1. The minimum Gasteiger partial charge on any atom is -0.297 e. The van der Waals surface area contributed by atoms with Crippen LogP contribution in [0.4, 0.5) is 0 Å². The minimum absolute atomic E-state index is 0.0901. The van der Waals surface area contributed by atoms with Gasteiger partial charge >= 0.3 is 0 Å². The average molecular weight is 437 g/mol. The normalized spacial score (nSPS) is 16.3. The van der Waals surface area contributed by atoms with Crippen LogP contribution in [0.2, 0.25) is 0 Å². The predicted molar refractivity (Wildman–Crippen MR) is 124 cm³/mol. The summed E-state index contributed by atoms with van der Waals surface area (Å²) in [4.78, 5) is 26.9. The van der Waals surface area contributed by atoms with Gasteiger partial charge in [0.1, 0.15) is 4.83 Å². The fraction of sp³-hybridized carbons (Fsp3) is 0.348. The first-order chi connectivity index (χ1) is 14.6. The van der Waals surface area contributed by atoms with Crippen LogP contribution in [-0.4, -0.2) is 32.5 Å². The lowest BCUT2D eigenvalue weighted by Gasteiger charge is -2.30. The first-order valence-corrected chi connectivity index (χ1v) is 12.0. The number of aryl methyl sites for hydroxylation is 2. The average Bonchev–Trinajstić information content (AvgIpc) is 3.38. The van der Waals surface area contributed by atoms with E-state index >= 15 is 0 Å². The summed E-state index contributed by atoms with van der Waals surface area (Å²) in [5, 5.41) is 2.95. The number of rotatable bonds is 5. The largest absolute Gasteiger partial charge is 0.297 e. The Kier molecular flexibility index (Phi) is 5.26. The second-order valence-electron chi connectivity index (χ2n) is 8.14. The van der Waals surface area contributed by atoms with Crippen LogP contribution in [0.3, 0.4) is 0 Å². The van der Waals surface area contributed by atoms with Crippen LogP contribution in [0.15, 0.2) is 46.3 Å².